The number of allylic oxidation sites excluding steroid dienone is 2. The number of aliphatic hydroxyl groups excluding tert-OH is 1. The van der Waals surface area contributed by atoms with Crippen LogP contribution in [0.25, 0.3) is 0 Å². The summed E-state index contributed by atoms with van der Waals surface area (Å²) in [7, 11) is 0. The van der Waals surface area contributed by atoms with Crippen molar-refractivity contribution in [1.82, 2.24) is 10.6 Å². The van der Waals surface area contributed by atoms with Gasteiger partial charge in [-0.2, -0.15) is 0 Å². The standard InChI is InChI=1S/C32H40N2O5/c35-23-32(18-10-11-19-32)34-29(36)21-26-16-8-3-9-17-27(20-24-12-4-1-5-13-24)31(38)39-28(22-33-30(26)37)25-14-6-2-7-15-25/h1-8,12-15,26-28,35H,9-11,16-23H2,(H,33,37)(H,34,36). The second-order valence-electron chi connectivity index (χ2n) is 10.8. The smallest absolute Gasteiger partial charge is 0.309 e. The number of rotatable bonds is 7. The molecule has 1 heterocycles. The Labute approximate surface area is 231 Å². The molecule has 1 aliphatic heterocycles. The zero-order valence-electron chi connectivity index (χ0n) is 22.5. The van der Waals surface area contributed by atoms with E-state index in [-0.39, 0.29) is 43.3 Å². The summed E-state index contributed by atoms with van der Waals surface area (Å²) in [6.07, 6.45) is 9.04. The summed E-state index contributed by atoms with van der Waals surface area (Å²) in [6, 6.07) is 19.3. The molecule has 208 valence electrons. The molecule has 1 aliphatic carbocycles. The van der Waals surface area contributed by atoms with Crippen molar-refractivity contribution in [2.75, 3.05) is 13.2 Å². The fourth-order valence-corrected chi connectivity index (χ4v) is 5.57. The number of hydrogen-bond donors (Lipinski definition) is 3. The highest BCUT2D eigenvalue weighted by molar-refractivity contribution is 5.86. The molecule has 2 aromatic carbocycles. The molecule has 0 radical (unpaired) electrons. The minimum Gasteiger partial charge on any atom is -0.455 e. The second kappa shape index (κ2) is 14.1. The Bertz CT molecular complexity index is 1110. The Hall–Kier alpha value is -3.45. The maximum Gasteiger partial charge on any atom is 0.309 e. The third-order valence-corrected chi connectivity index (χ3v) is 7.89. The van der Waals surface area contributed by atoms with Gasteiger partial charge in [0.25, 0.3) is 0 Å². The van der Waals surface area contributed by atoms with E-state index in [0.717, 1.165) is 36.8 Å². The summed E-state index contributed by atoms with van der Waals surface area (Å²) >= 11 is 0. The molecule has 2 amide bonds. The van der Waals surface area contributed by atoms with Crippen LogP contribution in [0.1, 0.15) is 68.6 Å². The first kappa shape index (κ1) is 28.6. The maximum absolute atomic E-state index is 13.4. The number of nitrogens with one attached hydrogen (secondary N) is 2. The van der Waals surface area contributed by atoms with Gasteiger partial charge in [0.05, 0.1) is 30.5 Å². The maximum atomic E-state index is 13.4. The van der Waals surface area contributed by atoms with Crippen LogP contribution >= 0.6 is 0 Å². The first-order chi connectivity index (χ1) is 19.0. The van der Waals surface area contributed by atoms with Gasteiger partial charge in [0.2, 0.25) is 11.8 Å². The summed E-state index contributed by atoms with van der Waals surface area (Å²) in [5.74, 6) is -1.64. The van der Waals surface area contributed by atoms with Crippen LogP contribution in [-0.4, -0.2) is 41.6 Å². The minimum absolute atomic E-state index is 0.0321. The zero-order valence-corrected chi connectivity index (χ0v) is 22.5. The largest absolute Gasteiger partial charge is 0.455 e. The van der Waals surface area contributed by atoms with Gasteiger partial charge in [-0.25, -0.2) is 0 Å². The molecular weight excluding hydrogens is 492 g/mol. The predicted octanol–water partition coefficient (Wildman–Crippen LogP) is 4.41. The average Bonchev–Trinajstić information content (AvgIpc) is 3.43. The number of carbonyl (C=O) groups excluding carboxylic acids is 3. The fraction of sp³-hybridized carbons (Fsp3) is 0.469. The first-order valence-electron chi connectivity index (χ1n) is 14.1. The molecule has 1 fully saturated rings. The molecule has 0 saturated heterocycles. The molecule has 1 saturated carbocycles. The molecule has 7 nitrogen and oxygen atoms in total. The van der Waals surface area contributed by atoms with Crippen LogP contribution < -0.4 is 10.6 Å². The molecule has 39 heavy (non-hydrogen) atoms. The number of carbonyl (C=O) groups is 3. The monoisotopic (exact) mass is 532 g/mol. The van der Waals surface area contributed by atoms with Crippen molar-refractivity contribution in [2.45, 2.75) is 69.4 Å². The Kier molecular flexibility index (Phi) is 10.3. The Morgan fingerprint density at radius 2 is 1.67 bits per heavy atom. The van der Waals surface area contributed by atoms with E-state index >= 15 is 0 Å². The number of esters is 1. The second-order valence-corrected chi connectivity index (χ2v) is 10.8. The lowest BCUT2D eigenvalue weighted by molar-refractivity contribution is -0.155. The molecule has 0 spiro atoms. The number of amides is 2. The van der Waals surface area contributed by atoms with Crippen LogP contribution in [0.3, 0.4) is 0 Å². The van der Waals surface area contributed by atoms with Crippen LogP contribution in [-0.2, 0) is 25.5 Å². The van der Waals surface area contributed by atoms with Gasteiger partial charge in [-0.1, -0.05) is 85.7 Å². The molecular formula is C32H40N2O5. The van der Waals surface area contributed by atoms with Gasteiger partial charge in [0.1, 0.15) is 6.10 Å². The van der Waals surface area contributed by atoms with Crippen LogP contribution in [0.5, 0.6) is 0 Å². The van der Waals surface area contributed by atoms with Crippen molar-refractivity contribution < 1.29 is 24.2 Å². The summed E-state index contributed by atoms with van der Waals surface area (Å²) in [5, 5.41) is 15.8. The quantitative estimate of drug-likeness (QED) is 0.362. The topological polar surface area (TPSA) is 105 Å². The van der Waals surface area contributed by atoms with E-state index in [0.29, 0.717) is 25.7 Å². The number of aliphatic hydroxyl groups is 1. The molecule has 2 aliphatic rings. The molecule has 7 heteroatoms. The Morgan fingerprint density at radius 3 is 2.36 bits per heavy atom. The van der Waals surface area contributed by atoms with Gasteiger partial charge >= 0.3 is 5.97 Å². The minimum atomic E-state index is -0.639. The van der Waals surface area contributed by atoms with Gasteiger partial charge in [-0.05, 0) is 49.7 Å². The number of benzene rings is 2. The summed E-state index contributed by atoms with van der Waals surface area (Å²) < 4.78 is 6.03. The van der Waals surface area contributed by atoms with Gasteiger partial charge in [-0.3, -0.25) is 14.4 Å². The van der Waals surface area contributed by atoms with E-state index in [1.165, 1.54) is 0 Å². The molecule has 0 aromatic heterocycles. The lowest BCUT2D eigenvalue weighted by atomic mass is 9.94. The average molecular weight is 533 g/mol. The molecule has 2 aromatic rings. The van der Waals surface area contributed by atoms with Gasteiger partial charge in [0, 0.05) is 6.42 Å². The number of ether oxygens (including phenoxy) is 1. The third kappa shape index (κ3) is 8.27. The molecule has 3 atom stereocenters. The summed E-state index contributed by atoms with van der Waals surface area (Å²) in [6.45, 7) is 0.0266. The van der Waals surface area contributed by atoms with Crippen molar-refractivity contribution in [2.24, 2.45) is 11.8 Å². The highest BCUT2D eigenvalue weighted by Gasteiger charge is 2.35. The van der Waals surface area contributed by atoms with E-state index in [1.807, 2.05) is 72.8 Å². The first-order valence-corrected chi connectivity index (χ1v) is 14.1. The van der Waals surface area contributed by atoms with Crippen molar-refractivity contribution in [3.05, 3.63) is 83.9 Å². The van der Waals surface area contributed by atoms with Gasteiger partial charge in [0.15, 0.2) is 0 Å². The fourth-order valence-electron chi connectivity index (χ4n) is 5.57. The number of cyclic esters (lactones) is 1. The van der Waals surface area contributed by atoms with Crippen molar-refractivity contribution >= 4 is 17.8 Å². The van der Waals surface area contributed by atoms with E-state index in [1.54, 1.807) is 0 Å². The van der Waals surface area contributed by atoms with Crippen LogP contribution in [0, 0.1) is 11.8 Å². The van der Waals surface area contributed by atoms with Crippen LogP contribution in [0.2, 0.25) is 0 Å². The number of hydrogen-bond acceptors (Lipinski definition) is 5. The van der Waals surface area contributed by atoms with Gasteiger partial charge in [-0.15, -0.1) is 0 Å². The van der Waals surface area contributed by atoms with Crippen molar-refractivity contribution in [3.8, 4) is 0 Å². The summed E-state index contributed by atoms with van der Waals surface area (Å²) in [4.78, 5) is 39.6. The zero-order chi connectivity index (χ0) is 27.5. The van der Waals surface area contributed by atoms with Crippen molar-refractivity contribution in [3.63, 3.8) is 0 Å². The SMILES string of the molecule is O=C(CC1CC=CCCC(Cc2ccccc2)C(=O)OC(c2ccccc2)CNC1=O)NC1(CO)CCCC1. The van der Waals surface area contributed by atoms with E-state index < -0.39 is 17.6 Å². The van der Waals surface area contributed by atoms with Crippen LogP contribution in [0.4, 0.5) is 0 Å². The molecule has 4 rings (SSSR count). The van der Waals surface area contributed by atoms with Crippen LogP contribution in [0.15, 0.2) is 72.8 Å². The van der Waals surface area contributed by atoms with E-state index in [2.05, 4.69) is 10.6 Å². The highest BCUT2D eigenvalue weighted by atomic mass is 16.5. The Morgan fingerprint density at radius 1 is 0.974 bits per heavy atom. The Balaban J connectivity index is 1.50. The lowest BCUT2D eigenvalue weighted by Crippen LogP contribution is -2.50. The molecule has 3 unspecified atom stereocenters. The third-order valence-electron chi connectivity index (χ3n) is 7.89. The predicted molar refractivity (Wildman–Crippen MR) is 149 cm³/mol. The summed E-state index contributed by atoms with van der Waals surface area (Å²) in [5.41, 5.74) is 1.30. The van der Waals surface area contributed by atoms with Gasteiger partial charge < -0.3 is 20.5 Å². The van der Waals surface area contributed by atoms with E-state index in [9.17, 15) is 19.5 Å². The molecule has 3 N–H and O–H groups in total. The highest BCUT2D eigenvalue weighted by Crippen LogP contribution is 2.30. The molecule has 0 bridgehead atoms. The van der Waals surface area contributed by atoms with E-state index in [4.69, 9.17) is 4.74 Å². The van der Waals surface area contributed by atoms with Crippen molar-refractivity contribution in [1.29, 1.82) is 0 Å². The normalized spacial score (nSPS) is 24.0. The lowest BCUT2D eigenvalue weighted by Gasteiger charge is -2.29.